The molecule has 0 saturated carbocycles. The number of aromatic amines is 1. The maximum absolute atomic E-state index is 12.6. The SMILES string of the molecule is Cc1ccc(C)c2c(=O)cc(CN3C[C@@H](CS(=O)(=O)N(C)C)[C@H](O)C3)[nH]c12. The van der Waals surface area contributed by atoms with Crippen LogP contribution in [0.15, 0.2) is 23.0 Å². The number of nitrogens with one attached hydrogen (secondary N) is 1. The summed E-state index contributed by atoms with van der Waals surface area (Å²) in [6.45, 7) is 5.21. The average Bonchev–Trinajstić information content (AvgIpc) is 2.89. The summed E-state index contributed by atoms with van der Waals surface area (Å²) in [5, 5.41) is 11.0. The summed E-state index contributed by atoms with van der Waals surface area (Å²) in [5.74, 6) is -0.418. The number of β-amino-alcohol motifs (C(OH)–C–C–N with tert-alkyl or cyclic N) is 1. The molecule has 148 valence electrons. The number of aliphatic hydroxyl groups is 1. The van der Waals surface area contributed by atoms with Crippen LogP contribution in [-0.2, 0) is 16.6 Å². The zero-order chi connectivity index (χ0) is 19.9. The Bertz CT molecular complexity index is 1010. The lowest BCUT2D eigenvalue weighted by Crippen LogP contribution is -2.33. The van der Waals surface area contributed by atoms with Crippen LogP contribution in [-0.4, -0.2) is 66.8 Å². The highest BCUT2D eigenvalue weighted by Crippen LogP contribution is 2.22. The highest BCUT2D eigenvalue weighted by atomic mass is 32.2. The number of sulfonamides is 1. The summed E-state index contributed by atoms with van der Waals surface area (Å²) in [5.41, 5.74) is 3.53. The van der Waals surface area contributed by atoms with Crippen molar-refractivity contribution >= 4 is 20.9 Å². The van der Waals surface area contributed by atoms with Gasteiger partial charge in [0.05, 0.1) is 17.4 Å². The van der Waals surface area contributed by atoms with Gasteiger partial charge in [0.1, 0.15) is 0 Å². The molecule has 2 heterocycles. The van der Waals surface area contributed by atoms with Gasteiger partial charge in [-0.25, -0.2) is 12.7 Å². The van der Waals surface area contributed by atoms with Gasteiger partial charge in [-0.1, -0.05) is 12.1 Å². The second-order valence-corrected chi connectivity index (χ2v) is 9.92. The van der Waals surface area contributed by atoms with E-state index in [1.54, 1.807) is 6.07 Å². The summed E-state index contributed by atoms with van der Waals surface area (Å²) in [6.07, 6.45) is -0.698. The molecule has 1 saturated heterocycles. The van der Waals surface area contributed by atoms with Crippen molar-refractivity contribution in [2.75, 3.05) is 32.9 Å². The van der Waals surface area contributed by atoms with Crippen LogP contribution in [0.5, 0.6) is 0 Å². The molecule has 2 aromatic rings. The van der Waals surface area contributed by atoms with E-state index in [0.717, 1.165) is 22.3 Å². The van der Waals surface area contributed by atoms with Gasteiger partial charge in [-0.2, -0.15) is 0 Å². The monoisotopic (exact) mass is 393 g/mol. The Hall–Kier alpha value is -1.74. The van der Waals surface area contributed by atoms with Crippen molar-refractivity contribution in [2.24, 2.45) is 5.92 Å². The number of H-pyrrole nitrogens is 1. The first-order valence-corrected chi connectivity index (χ1v) is 10.6. The molecule has 8 heteroatoms. The fourth-order valence-electron chi connectivity index (χ4n) is 3.70. The Kier molecular flexibility index (Phi) is 5.45. The molecule has 7 nitrogen and oxygen atoms in total. The zero-order valence-electron chi connectivity index (χ0n) is 16.2. The van der Waals surface area contributed by atoms with Crippen LogP contribution in [0.1, 0.15) is 16.8 Å². The smallest absolute Gasteiger partial charge is 0.214 e. The average molecular weight is 394 g/mol. The molecule has 0 spiro atoms. The van der Waals surface area contributed by atoms with Gasteiger partial charge in [-0.3, -0.25) is 9.69 Å². The molecule has 1 fully saturated rings. The van der Waals surface area contributed by atoms with Crippen molar-refractivity contribution in [1.29, 1.82) is 0 Å². The molecule has 0 radical (unpaired) electrons. The number of aryl methyl sites for hydroxylation is 2. The van der Waals surface area contributed by atoms with Crippen molar-refractivity contribution in [3.05, 3.63) is 45.2 Å². The standard InChI is InChI=1S/C19H27N3O4S/c1-12-5-6-13(2)19-18(12)16(23)7-15(20-19)9-22-8-14(17(24)10-22)11-27(25,26)21(3)4/h5-7,14,17,24H,8-11H2,1-4H3,(H,20,23)/t14-,17+/m0/s1. The number of aliphatic hydroxyl groups excluding tert-OH is 1. The Morgan fingerprint density at radius 3 is 2.56 bits per heavy atom. The van der Waals surface area contributed by atoms with Crippen LogP contribution in [0.3, 0.4) is 0 Å². The molecule has 0 bridgehead atoms. The van der Waals surface area contributed by atoms with E-state index in [9.17, 15) is 18.3 Å². The summed E-state index contributed by atoms with van der Waals surface area (Å²) >= 11 is 0. The number of hydrogen-bond donors (Lipinski definition) is 2. The van der Waals surface area contributed by atoms with Gasteiger partial charge < -0.3 is 10.1 Å². The number of likely N-dealkylation sites (tertiary alicyclic amines) is 1. The van der Waals surface area contributed by atoms with E-state index in [1.165, 1.54) is 18.4 Å². The van der Waals surface area contributed by atoms with Gasteiger partial charge >= 0.3 is 0 Å². The van der Waals surface area contributed by atoms with E-state index in [1.807, 2.05) is 30.9 Å². The summed E-state index contributed by atoms with van der Waals surface area (Å²) < 4.78 is 25.4. The summed E-state index contributed by atoms with van der Waals surface area (Å²) in [4.78, 5) is 17.9. The van der Waals surface area contributed by atoms with Gasteiger partial charge in [-0.05, 0) is 25.0 Å². The number of nitrogens with zero attached hydrogens (tertiary/aromatic N) is 2. The van der Waals surface area contributed by atoms with Gasteiger partial charge in [0.25, 0.3) is 0 Å². The molecule has 0 unspecified atom stereocenters. The predicted octanol–water partition coefficient (Wildman–Crippen LogP) is 0.829. The van der Waals surface area contributed by atoms with Gasteiger partial charge in [0.2, 0.25) is 10.0 Å². The lowest BCUT2D eigenvalue weighted by Gasteiger charge is -2.18. The largest absolute Gasteiger partial charge is 0.391 e. The number of benzene rings is 1. The minimum Gasteiger partial charge on any atom is -0.391 e. The number of hydrogen-bond acceptors (Lipinski definition) is 5. The third-order valence-electron chi connectivity index (χ3n) is 5.32. The molecule has 1 aromatic heterocycles. The maximum atomic E-state index is 12.6. The molecule has 0 amide bonds. The second kappa shape index (κ2) is 7.35. The first-order valence-electron chi connectivity index (χ1n) is 9.01. The number of rotatable bonds is 5. The van der Waals surface area contributed by atoms with Gasteiger partial charge in [-0.15, -0.1) is 0 Å². The van der Waals surface area contributed by atoms with E-state index >= 15 is 0 Å². The molecule has 27 heavy (non-hydrogen) atoms. The minimum atomic E-state index is -3.37. The van der Waals surface area contributed by atoms with Crippen molar-refractivity contribution in [1.82, 2.24) is 14.2 Å². The van der Waals surface area contributed by atoms with E-state index in [4.69, 9.17) is 0 Å². The molecule has 1 aromatic carbocycles. The second-order valence-electron chi connectivity index (χ2n) is 7.69. The number of aromatic nitrogens is 1. The van der Waals surface area contributed by atoms with E-state index in [2.05, 4.69) is 4.98 Å². The normalized spacial score (nSPS) is 21.4. The van der Waals surface area contributed by atoms with Crippen LogP contribution in [0.2, 0.25) is 0 Å². The quantitative estimate of drug-likeness (QED) is 0.785. The van der Waals surface area contributed by atoms with Crippen molar-refractivity contribution < 1.29 is 13.5 Å². The van der Waals surface area contributed by atoms with E-state index < -0.39 is 16.1 Å². The number of fused-ring (bicyclic) bond motifs is 1. The molecule has 0 aliphatic carbocycles. The Morgan fingerprint density at radius 1 is 1.22 bits per heavy atom. The summed E-state index contributed by atoms with van der Waals surface area (Å²) in [7, 11) is -0.371. The maximum Gasteiger partial charge on any atom is 0.214 e. The molecule has 2 atom stereocenters. The van der Waals surface area contributed by atoms with Gasteiger partial charge in [0.15, 0.2) is 5.43 Å². The van der Waals surface area contributed by atoms with Crippen molar-refractivity contribution in [3.8, 4) is 0 Å². The molecule has 2 N–H and O–H groups in total. The fourth-order valence-corrected chi connectivity index (χ4v) is 4.86. The van der Waals surface area contributed by atoms with Crippen molar-refractivity contribution in [2.45, 2.75) is 26.5 Å². The Morgan fingerprint density at radius 2 is 1.89 bits per heavy atom. The van der Waals surface area contributed by atoms with E-state index in [-0.39, 0.29) is 17.1 Å². The van der Waals surface area contributed by atoms with Crippen molar-refractivity contribution in [3.63, 3.8) is 0 Å². The van der Waals surface area contributed by atoms with Crippen LogP contribution in [0.25, 0.3) is 10.9 Å². The first kappa shape index (κ1) is 20.0. The highest BCUT2D eigenvalue weighted by molar-refractivity contribution is 7.89. The first-order chi connectivity index (χ1) is 12.6. The van der Waals surface area contributed by atoms with Crippen LogP contribution in [0.4, 0.5) is 0 Å². The Balaban J connectivity index is 1.81. The van der Waals surface area contributed by atoms with Crippen LogP contribution < -0.4 is 5.43 Å². The predicted molar refractivity (Wildman–Crippen MR) is 106 cm³/mol. The van der Waals surface area contributed by atoms with E-state index in [0.29, 0.717) is 25.0 Å². The molecule has 3 rings (SSSR count). The van der Waals surface area contributed by atoms with Crippen LogP contribution >= 0.6 is 0 Å². The molecule has 1 aliphatic rings. The summed E-state index contributed by atoms with van der Waals surface area (Å²) in [6, 6.07) is 5.53. The Labute approximate surface area is 159 Å². The lowest BCUT2D eigenvalue weighted by molar-refractivity contribution is 0.148. The highest BCUT2D eigenvalue weighted by Gasteiger charge is 2.35. The minimum absolute atomic E-state index is 0.0218. The number of pyridine rings is 1. The zero-order valence-corrected chi connectivity index (χ0v) is 17.0. The lowest BCUT2D eigenvalue weighted by atomic mass is 10.0. The molecule has 1 aliphatic heterocycles. The molecular weight excluding hydrogens is 366 g/mol. The topological polar surface area (TPSA) is 93.7 Å². The molecular formula is C19H27N3O4S. The van der Waals surface area contributed by atoms with Gasteiger partial charge in [0, 0.05) is 56.8 Å². The third-order valence-corrected chi connectivity index (χ3v) is 7.28. The fraction of sp³-hybridized carbons (Fsp3) is 0.526. The van der Waals surface area contributed by atoms with Crippen LogP contribution in [0, 0.1) is 19.8 Å². The third kappa shape index (κ3) is 4.08.